The second-order valence-corrected chi connectivity index (χ2v) is 3.17. The van der Waals surface area contributed by atoms with Crippen LogP contribution in [0.15, 0.2) is 5.11 Å². The van der Waals surface area contributed by atoms with Crippen molar-refractivity contribution in [1.82, 2.24) is 5.32 Å². The van der Waals surface area contributed by atoms with Crippen LogP contribution in [0.3, 0.4) is 0 Å². The van der Waals surface area contributed by atoms with E-state index in [0.717, 1.165) is 0 Å². The molecule has 1 rings (SSSR count). The number of hydrogen-bond donors (Lipinski definition) is 1. The molecule has 0 aromatic rings. The maximum Gasteiger partial charge on any atom is 0.263 e. The van der Waals surface area contributed by atoms with Gasteiger partial charge in [0.15, 0.2) is 0 Å². The minimum atomic E-state index is -2.65. The highest BCUT2D eigenvalue weighted by Gasteiger charge is 2.40. The number of piperidine rings is 1. The lowest BCUT2D eigenvalue weighted by molar-refractivity contribution is -0.0749. The van der Waals surface area contributed by atoms with Crippen molar-refractivity contribution in [3.05, 3.63) is 10.4 Å². The summed E-state index contributed by atoms with van der Waals surface area (Å²) >= 11 is 0. The highest BCUT2D eigenvalue weighted by Crippen LogP contribution is 2.31. The lowest BCUT2D eigenvalue weighted by Gasteiger charge is -2.31. The maximum absolute atomic E-state index is 13.1. The number of rotatable bonds is 3. The number of nitrogens with zero attached hydrogens (tertiary/aromatic N) is 3. The molecule has 1 atom stereocenters. The molecule has 0 spiro atoms. The fourth-order valence-corrected chi connectivity index (χ4v) is 1.50. The summed E-state index contributed by atoms with van der Waals surface area (Å²) in [6.45, 7) is 0.529. The van der Waals surface area contributed by atoms with Gasteiger partial charge in [0, 0.05) is 17.4 Å². The predicted molar refractivity (Wildman–Crippen MR) is 44.6 cm³/mol. The minimum absolute atomic E-state index is 0.163. The van der Waals surface area contributed by atoms with Gasteiger partial charge in [-0.1, -0.05) is 5.11 Å². The Labute approximate surface area is 74.9 Å². The van der Waals surface area contributed by atoms with Gasteiger partial charge in [0.05, 0.1) is 6.54 Å². The third kappa shape index (κ3) is 2.82. The summed E-state index contributed by atoms with van der Waals surface area (Å²) in [5.41, 5.74) is 7.98. The van der Waals surface area contributed by atoms with E-state index in [-0.39, 0.29) is 19.5 Å². The van der Waals surface area contributed by atoms with Crippen molar-refractivity contribution in [3.8, 4) is 0 Å². The molecule has 1 fully saturated rings. The van der Waals surface area contributed by atoms with Crippen LogP contribution in [-0.4, -0.2) is 25.6 Å². The Balaban J connectivity index is 2.41. The molecule has 4 nitrogen and oxygen atoms in total. The monoisotopic (exact) mass is 190 g/mol. The molecule has 1 unspecified atom stereocenters. The summed E-state index contributed by atoms with van der Waals surface area (Å²) in [6, 6.07) is 0. The minimum Gasteiger partial charge on any atom is -0.311 e. The quantitative estimate of drug-likeness (QED) is 0.412. The number of nitrogens with one attached hydrogen (secondary N) is 1. The van der Waals surface area contributed by atoms with Gasteiger partial charge in [-0.25, -0.2) is 8.78 Å². The molecule has 1 aliphatic heterocycles. The van der Waals surface area contributed by atoms with Crippen LogP contribution in [0.5, 0.6) is 0 Å². The van der Waals surface area contributed by atoms with Crippen molar-refractivity contribution in [3.63, 3.8) is 0 Å². The fourth-order valence-electron chi connectivity index (χ4n) is 1.50. The van der Waals surface area contributed by atoms with Crippen LogP contribution in [0.25, 0.3) is 10.4 Å². The zero-order chi connectivity index (χ0) is 9.73. The van der Waals surface area contributed by atoms with Crippen LogP contribution in [0.4, 0.5) is 8.78 Å². The molecule has 0 amide bonds. The average molecular weight is 190 g/mol. The van der Waals surface area contributed by atoms with Crippen molar-refractivity contribution in [2.75, 3.05) is 19.6 Å². The van der Waals surface area contributed by atoms with Crippen molar-refractivity contribution in [2.45, 2.75) is 18.8 Å². The topological polar surface area (TPSA) is 60.8 Å². The van der Waals surface area contributed by atoms with Crippen LogP contribution < -0.4 is 5.32 Å². The molecule has 6 heteroatoms. The molecule has 0 aromatic heterocycles. The molecule has 0 bridgehead atoms. The Morgan fingerprint density at radius 2 is 2.38 bits per heavy atom. The lowest BCUT2D eigenvalue weighted by Crippen LogP contribution is -2.46. The first-order valence-electron chi connectivity index (χ1n) is 4.26. The molecule has 0 aromatic carbocycles. The van der Waals surface area contributed by atoms with Crippen LogP contribution in [0, 0.1) is 5.92 Å². The van der Waals surface area contributed by atoms with E-state index in [0.29, 0.717) is 13.0 Å². The third-order valence-corrected chi connectivity index (χ3v) is 2.27. The standard InChI is InChI=1S/C7H12F2N4/c8-7(9)5-11-3-1-6(7)2-4-12-13-10/h6,11H,1-5H2. The summed E-state index contributed by atoms with van der Waals surface area (Å²) in [7, 11) is 0. The van der Waals surface area contributed by atoms with Crippen molar-refractivity contribution >= 4 is 0 Å². The van der Waals surface area contributed by atoms with E-state index >= 15 is 0 Å². The molecule has 74 valence electrons. The first-order chi connectivity index (χ1) is 6.17. The zero-order valence-corrected chi connectivity index (χ0v) is 7.21. The van der Waals surface area contributed by atoms with Gasteiger partial charge in [-0.05, 0) is 24.9 Å². The van der Waals surface area contributed by atoms with Crippen LogP contribution in [-0.2, 0) is 0 Å². The summed E-state index contributed by atoms with van der Waals surface area (Å²) in [5.74, 6) is -3.29. The highest BCUT2D eigenvalue weighted by atomic mass is 19.3. The van der Waals surface area contributed by atoms with Crippen LogP contribution >= 0.6 is 0 Å². The van der Waals surface area contributed by atoms with Crippen molar-refractivity contribution in [1.29, 1.82) is 0 Å². The predicted octanol–water partition coefficient (Wildman–Crippen LogP) is 1.93. The largest absolute Gasteiger partial charge is 0.311 e. The van der Waals surface area contributed by atoms with Gasteiger partial charge < -0.3 is 5.32 Å². The summed E-state index contributed by atoms with van der Waals surface area (Å²) in [4.78, 5) is 2.53. The first-order valence-corrected chi connectivity index (χ1v) is 4.26. The molecular weight excluding hydrogens is 178 g/mol. The molecule has 0 aliphatic carbocycles. The second kappa shape index (κ2) is 4.39. The van der Waals surface area contributed by atoms with E-state index in [2.05, 4.69) is 15.3 Å². The van der Waals surface area contributed by atoms with Gasteiger partial charge >= 0.3 is 0 Å². The number of halogens is 2. The van der Waals surface area contributed by atoms with Gasteiger partial charge in [-0.3, -0.25) is 0 Å². The Hall–Kier alpha value is -0.870. The lowest BCUT2D eigenvalue weighted by atomic mass is 9.91. The number of azide groups is 1. The summed E-state index contributed by atoms with van der Waals surface area (Å²) in [5, 5.41) is 5.90. The summed E-state index contributed by atoms with van der Waals surface area (Å²) in [6.07, 6.45) is 0.729. The van der Waals surface area contributed by atoms with E-state index in [1.165, 1.54) is 0 Å². The third-order valence-electron chi connectivity index (χ3n) is 2.27. The zero-order valence-electron chi connectivity index (χ0n) is 7.21. The molecule has 0 radical (unpaired) electrons. The molecule has 1 aliphatic rings. The van der Waals surface area contributed by atoms with Gasteiger partial charge in [-0.15, -0.1) is 0 Å². The van der Waals surface area contributed by atoms with Gasteiger partial charge in [-0.2, -0.15) is 0 Å². The molecule has 1 saturated heterocycles. The van der Waals surface area contributed by atoms with E-state index in [1.807, 2.05) is 0 Å². The first kappa shape index (κ1) is 10.2. The van der Waals surface area contributed by atoms with Gasteiger partial charge in [0.2, 0.25) is 0 Å². The van der Waals surface area contributed by atoms with E-state index < -0.39 is 11.8 Å². The maximum atomic E-state index is 13.1. The molecule has 0 saturated carbocycles. The Kier molecular flexibility index (Phi) is 3.45. The van der Waals surface area contributed by atoms with E-state index in [4.69, 9.17) is 5.53 Å². The molecular formula is C7H12F2N4. The van der Waals surface area contributed by atoms with Crippen molar-refractivity contribution < 1.29 is 8.78 Å². The van der Waals surface area contributed by atoms with Crippen LogP contribution in [0.1, 0.15) is 12.8 Å². The second-order valence-electron chi connectivity index (χ2n) is 3.17. The molecule has 1 heterocycles. The smallest absolute Gasteiger partial charge is 0.263 e. The van der Waals surface area contributed by atoms with Gasteiger partial charge in [0.1, 0.15) is 0 Å². The Morgan fingerprint density at radius 3 is 3.00 bits per heavy atom. The van der Waals surface area contributed by atoms with Crippen LogP contribution in [0.2, 0.25) is 0 Å². The van der Waals surface area contributed by atoms with E-state index in [1.54, 1.807) is 0 Å². The van der Waals surface area contributed by atoms with E-state index in [9.17, 15) is 8.78 Å². The average Bonchev–Trinajstić information content (AvgIpc) is 2.08. The Bertz CT molecular complexity index is 213. The molecule has 1 N–H and O–H groups in total. The Morgan fingerprint density at radius 1 is 1.62 bits per heavy atom. The SMILES string of the molecule is [N-]=[N+]=NCCC1CCNCC1(F)F. The fraction of sp³-hybridized carbons (Fsp3) is 1.00. The highest BCUT2D eigenvalue weighted by molar-refractivity contribution is 4.84. The normalized spacial score (nSPS) is 26.5. The molecule has 13 heavy (non-hydrogen) atoms. The van der Waals surface area contributed by atoms with Crippen molar-refractivity contribution in [2.24, 2.45) is 11.0 Å². The summed E-state index contributed by atoms with van der Waals surface area (Å²) < 4.78 is 26.2. The number of hydrogen-bond acceptors (Lipinski definition) is 2. The van der Waals surface area contributed by atoms with Gasteiger partial charge in [0.25, 0.3) is 5.92 Å². The number of alkyl halides is 2.